The van der Waals surface area contributed by atoms with Gasteiger partial charge in [-0.05, 0) is 12.1 Å². The number of rotatable bonds is 4. The standard InChI is InChI=1S/C10H9F2N3O2/c1-14(6-10(11)12)8-2-3-9(15(16)17)7(4-8)5-13/h2-4,10H,6H2,1H3. The fraction of sp³-hybridized carbons (Fsp3) is 0.300. The van der Waals surface area contributed by atoms with E-state index in [2.05, 4.69) is 0 Å². The highest BCUT2D eigenvalue weighted by Gasteiger charge is 2.16. The number of nitro groups is 1. The number of anilines is 1. The lowest BCUT2D eigenvalue weighted by atomic mass is 10.1. The van der Waals surface area contributed by atoms with E-state index in [4.69, 9.17) is 5.26 Å². The Morgan fingerprint density at radius 2 is 2.24 bits per heavy atom. The molecule has 1 aromatic carbocycles. The fourth-order valence-electron chi connectivity index (χ4n) is 1.32. The second kappa shape index (κ2) is 5.21. The van der Waals surface area contributed by atoms with Crippen molar-refractivity contribution in [1.29, 1.82) is 5.26 Å². The Labute approximate surface area is 96.0 Å². The molecule has 0 heterocycles. The van der Waals surface area contributed by atoms with Crippen LogP contribution < -0.4 is 4.90 Å². The zero-order chi connectivity index (χ0) is 13.0. The summed E-state index contributed by atoms with van der Waals surface area (Å²) in [4.78, 5) is 11.1. The number of nitro benzene ring substituents is 1. The average molecular weight is 241 g/mol. The van der Waals surface area contributed by atoms with Crippen molar-refractivity contribution in [3.05, 3.63) is 33.9 Å². The number of benzene rings is 1. The summed E-state index contributed by atoms with van der Waals surface area (Å²) in [6, 6.07) is 5.36. The zero-order valence-corrected chi connectivity index (χ0v) is 8.93. The van der Waals surface area contributed by atoms with Crippen molar-refractivity contribution in [2.24, 2.45) is 0 Å². The van der Waals surface area contributed by atoms with Crippen LogP contribution in [0.2, 0.25) is 0 Å². The van der Waals surface area contributed by atoms with E-state index in [1.807, 2.05) is 0 Å². The maximum Gasteiger partial charge on any atom is 0.287 e. The van der Waals surface area contributed by atoms with Crippen molar-refractivity contribution in [3.8, 4) is 6.07 Å². The van der Waals surface area contributed by atoms with E-state index in [0.29, 0.717) is 5.69 Å². The molecular formula is C10H9F2N3O2. The molecule has 0 spiro atoms. The number of hydrogen-bond donors (Lipinski definition) is 0. The Kier molecular flexibility index (Phi) is 3.93. The molecule has 0 N–H and O–H groups in total. The average Bonchev–Trinajstić information content (AvgIpc) is 2.27. The number of nitriles is 1. The molecule has 1 aromatic rings. The zero-order valence-electron chi connectivity index (χ0n) is 8.93. The normalized spacial score (nSPS) is 10.1. The van der Waals surface area contributed by atoms with Crippen molar-refractivity contribution in [2.45, 2.75) is 6.43 Å². The summed E-state index contributed by atoms with van der Waals surface area (Å²) >= 11 is 0. The summed E-state index contributed by atoms with van der Waals surface area (Å²) in [6.07, 6.45) is -2.51. The van der Waals surface area contributed by atoms with Gasteiger partial charge < -0.3 is 4.90 Å². The van der Waals surface area contributed by atoms with Crippen LogP contribution in [0.15, 0.2) is 18.2 Å². The van der Waals surface area contributed by atoms with E-state index in [9.17, 15) is 18.9 Å². The van der Waals surface area contributed by atoms with Gasteiger partial charge in [0, 0.05) is 18.8 Å². The molecule has 0 unspecified atom stereocenters. The molecule has 0 aliphatic heterocycles. The van der Waals surface area contributed by atoms with E-state index < -0.39 is 17.9 Å². The van der Waals surface area contributed by atoms with E-state index >= 15 is 0 Å². The summed E-state index contributed by atoms with van der Waals surface area (Å²) < 4.78 is 24.3. The Hall–Kier alpha value is -2.23. The molecule has 0 fully saturated rings. The van der Waals surface area contributed by atoms with Crippen LogP contribution in [0.3, 0.4) is 0 Å². The summed E-state index contributed by atoms with van der Waals surface area (Å²) in [5, 5.41) is 19.3. The molecule has 1 rings (SSSR count). The van der Waals surface area contributed by atoms with Gasteiger partial charge >= 0.3 is 0 Å². The van der Waals surface area contributed by atoms with E-state index in [1.54, 1.807) is 6.07 Å². The van der Waals surface area contributed by atoms with Crippen LogP contribution in [0, 0.1) is 21.4 Å². The van der Waals surface area contributed by atoms with Gasteiger partial charge in [0.25, 0.3) is 12.1 Å². The van der Waals surface area contributed by atoms with Gasteiger partial charge in [-0.2, -0.15) is 5.26 Å². The van der Waals surface area contributed by atoms with Gasteiger partial charge in [0.15, 0.2) is 0 Å². The molecule has 0 saturated heterocycles. The van der Waals surface area contributed by atoms with E-state index in [0.717, 1.165) is 6.07 Å². The molecular weight excluding hydrogens is 232 g/mol. The molecule has 0 atom stereocenters. The van der Waals surface area contributed by atoms with E-state index in [-0.39, 0.29) is 11.3 Å². The molecule has 0 aromatic heterocycles. The third-order valence-electron chi connectivity index (χ3n) is 2.15. The quantitative estimate of drug-likeness (QED) is 0.598. The SMILES string of the molecule is CN(CC(F)F)c1ccc([N+](=O)[O-])c(C#N)c1. The lowest BCUT2D eigenvalue weighted by Gasteiger charge is -2.18. The van der Waals surface area contributed by atoms with E-state index in [1.165, 1.54) is 24.1 Å². The first kappa shape index (κ1) is 12.8. The van der Waals surface area contributed by atoms with Gasteiger partial charge in [0.05, 0.1) is 11.5 Å². The number of hydrogen-bond acceptors (Lipinski definition) is 4. The maximum absolute atomic E-state index is 12.1. The predicted octanol–water partition coefficient (Wildman–Crippen LogP) is 2.17. The Bertz CT molecular complexity index is 471. The van der Waals surface area contributed by atoms with Crippen LogP contribution in [0.5, 0.6) is 0 Å². The minimum atomic E-state index is -2.51. The first-order valence-electron chi connectivity index (χ1n) is 4.63. The minimum Gasteiger partial charge on any atom is -0.369 e. The van der Waals surface area contributed by atoms with Gasteiger partial charge in [0.2, 0.25) is 0 Å². The van der Waals surface area contributed by atoms with Crippen LogP contribution in [-0.2, 0) is 0 Å². The Morgan fingerprint density at radius 1 is 1.59 bits per heavy atom. The van der Waals surface area contributed by atoms with Crippen LogP contribution >= 0.6 is 0 Å². The first-order chi connectivity index (χ1) is 7.95. The largest absolute Gasteiger partial charge is 0.369 e. The molecule has 0 amide bonds. The summed E-state index contributed by atoms with van der Waals surface area (Å²) in [7, 11) is 1.43. The van der Waals surface area contributed by atoms with Gasteiger partial charge in [-0.25, -0.2) is 8.78 Å². The minimum absolute atomic E-state index is 0.145. The number of alkyl halides is 2. The molecule has 0 aliphatic rings. The second-order valence-electron chi connectivity index (χ2n) is 3.34. The van der Waals surface area contributed by atoms with Crippen LogP contribution in [-0.4, -0.2) is 24.9 Å². The van der Waals surface area contributed by atoms with Crippen molar-refractivity contribution >= 4 is 11.4 Å². The topological polar surface area (TPSA) is 70.2 Å². The molecule has 0 aliphatic carbocycles. The summed E-state index contributed by atoms with van der Waals surface area (Å²) in [5.41, 5.74) is -0.136. The predicted molar refractivity (Wildman–Crippen MR) is 57.1 cm³/mol. The Morgan fingerprint density at radius 3 is 2.71 bits per heavy atom. The molecule has 17 heavy (non-hydrogen) atoms. The highest BCUT2D eigenvalue weighted by molar-refractivity contribution is 5.59. The lowest BCUT2D eigenvalue weighted by Crippen LogP contribution is -2.24. The summed E-state index contributed by atoms with van der Waals surface area (Å²) in [5.74, 6) is 0. The highest BCUT2D eigenvalue weighted by Crippen LogP contribution is 2.24. The lowest BCUT2D eigenvalue weighted by molar-refractivity contribution is -0.385. The van der Waals surface area contributed by atoms with Crippen LogP contribution in [0.1, 0.15) is 5.56 Å². The molecule has 7 heteroatoms. The highest BCUT2D eigenvalue weighted by atomic mass is 19.3. The van der Waals surface area contributed by atoms with Crippen molar-refractivity contribution < 1.29 is 13.7 Å². The third kappa shape index (κ3) is 3.11. The first-order valence-corrected chi connectivity index (χ1v) is 4.63. The van der Waals surface area contributed by atoms with Crippen molar-refractivity contribution in [2.75, 3.05) is 18.5 Å². The summed E-state index contributed by atoms with van der Waals surface area (Å²) in [6.45, 7) is -0.497. The molecule has 0 radical (unpaired) electrons. The van der Waals surface area contributed by atoms with Crippen LogP contribution in [0.4, 0.5) is 20.2 Å². The number of halogens is 2. The molecule has 0 saturated carbocycles. The molecule has 0 bridgehead atoms. The monoisotopic (exact) mass is 241 g/mol. The molecule has 5 nitrogen and oxygen atoms in total. The third-order valence-corrected chi connectivity index (χ3v) is 2.15. The van der Waals surface area contributed by atoms with Crippen molar-refractivity contribution in [3.63, 3.8) is 0 Å². The molecule has 90 valence electrons. The maximum atomic E-state index is 12.1. The second-order valence-corrected chi connectivity index (χ2v) is 3.34. The van der Waals surface area contributed by atoms with Gasteiger partial charge in [-0.1, -0.05) is 0 Å². The number of nitrogens with zero attached hydrogens (tertiary/aromatic N) is 3. The fourth-order valence-corrected chi connectivity index (χ4v) is 1.32. The van der Waals surface area contributed by atoms with Crippen molar-refractivity contribution in [1.82, 2.24) is 0 Å². The Balaban J connectivity index is 3.06. The van der Waals surface area contributed by atoms with Crippen LogP contribution in [0.25, 0.3) is 0 Å². The van der Waals surface area contributed by atoms with Gasteiger partial charge in [-0.15, -0.1) is 0 Å². The van der Waals surface area contributed by atoms with Gasteiger partial charge in [-0.3, -0.25) is 10.1 Å². The van der Waals surface area contributed by atoms with Gasteiger partial charge in [0.1, 0.15) is 11.6 Å². The smallest absolute Gasteiger partial charge is 0.287 e.